The summed E-state index contributed by atoms with van der Waals surface area (Å²) in [5.41, 5.74) is 4.26. The van der Waals surface area contributed by atoms with Gasteiger partial charge in [0, 0.05) is 17.6 Å². The number of carbonyl (C=O) groups excluding carboxylic acids is 1. The third kappa shape index (κ3) is 4.17. The highest BCUT2D eigenvalue weighted by atomic mass is 32.2. The first-order valence-corrected chi connectivity index (χ1v) is 12.6. The van der Waals surface area contributed by atoms with Crippen LogP contribution < -0.4 is 10.9 Å². The zero-order valence-electron chi connectivity index (χ0n) is 18.7. The summed E-state index contributed by atoms with van der Waals surface area (Å²) in [5, 5.41) is 4.11. The van der Waals surface area contributed by atoms with E-state index in [2.05, 4.69) is 25.2 Å². The molecular formula is C24H29N3O2S2. The molecule has 4 rings (SSSR count). The van der Waals surface area contributed by atoms with Gasteiger partial charge in [-0.3, -0.25) is 14.2 Å². The number of benzene rings is 1. The van der Waals surface area contributed by atoms with E-state index >= 15 is 0 Å². The number of anilines is 1. The van der Waals surface area contributed by atoms with Gasteiger partial charge in [0.2, 0.25) is 5.91 Å². The number of amides is 1. The molecule has 1 aliphatic carbocycles. The van der Waals surface area contributed by atoms with Crippen molar-refractivity contribution in [3.63, 3.8) is 0 Å². The number of carbonyl (C=O) groups is 1. The Bertz CT molecular complexity index is 1210. The molecule has 7 heteroatoms. The fraction of sp³-hybridized carbons (Fsp3) is 0.458. The number of thiophene rings is 1. The Kier molecular flexibility index (Phi) is 6.26. The van der Waals surface area contributed by atoms with E-state index < -0.39 is 0 Å². The van der Waals surface area contributed by atoms with Crippen molar-refractivity contribution >= 4 is 44.9 Å². The number of nitrogens with one attached hydrogen (secondary N) is 1. The lowest BCUT2D eigenvalue weighted by Crippen LogP contribution is -2.26. The monoisotopic (exact) mass is 455 g/mol. The van der Waals surface area contributed by atoms with Gasteiger partial charge in [-0.05, 0) is 62.1 Å². The van der Waals surface area contributed by atoms with Crippen LogP contribution in [0.2, 0.25) is 0 Å². The minimum Gasteiger partial charge on any atom is -0.325 e. The van der Waals surface area contributed by atoms with E-state index in [-0.39, 0.29) is 16.7 Å². The van der Waals surface area contributed by atoms with Crippen LogP contribution in [-0.4, -0.2) is 20.7 Å². The second kappa shape index (κ2) is 8.79. The molecule has 0 spiro atoms. The van der Waals surface area contributed by atoms with E-state index in [9.17, 15) is 9.59 Å². The summed E-state index contributed by atoms with van der Waals surface area (Å²) < 4.78 is 1.60. The first kappa shape index (κ1) is 22.1. The number of para-hydroxylation sites is 1. The van der Waals surface area contributed by atoms with Crippen LogP contribution in [0.5, 0.6) is 0 Å². The molecule has 0 bridgehead atoms. The van der Waals surface area contributed by atoms with Gasteiger partial charge in [-0.1, -0.05) is 43.8 Å². The fourth-order valence-electron chi connectivity index (χ4n) is 4.15. The van der Waals surface area contributed by atoms with Crippen molar-refractivity contribution in [2.75, 3.05) is 5.32 Å². The van der Waals surface area contributed by atoms with Crippen molar-refractivity contribution < 1.29 is 4.79 Å². The quantitative estimate of drug-likeness (QED) is 0.412. The highest BCUT2D eigenvalue weighted by molar-refractivity contribution is 8.00. The molecule has 0 aliphatic heterocycles. The molecule has 164 valence electrons. The lowest BCUT2D eigenvalue weighted by atomic mass is 9.97. The van der Waals surface area contributed by atoms with Gasteiger partial charge in [0.05, 0.1) is 10.6 Å². The molecule has 2 aromatic heterocycles. The van der Waals surface area contributed by atoms with Gasteiger partial charge >= 0.3 is 0 Å². The topological polar surface area (TPSA) is 64.0 Å². The average Bonchev–Trinajstić information content (AvgIpc) is 3.11. The number of fused-ring (bicyclic) bond motifs is 3. The molecule has 0 saturated carbocycles. The van der Waals surface area contributed by atoms with Crippen LogP contribution in [0.4, 0.5) is 5.69 Å². The summed E-state index contributed by atoms with van der Waals surface area (Å²) >= 11 is 2.98. The molecule has 5 nitrogen and oxygen atoms in total. The molecule has 1 amide bonds. The number of rotatable bonds is 5. The Labute approximate surface area is 191 Å². The molecule has 1 unspecified atom stereocenters. The number of thioether (sulfide) groups is 1. The lowest BCUT2D eigenvalue weighted by molar-refractivity contribution is -0.115. The molecule has 31 heavy (non-hydrogen) atoms. The van der Waals surface area contributed by atoms with Gasteiger partial charge in [-0.15, -0.1) is 11.3 Å². The van der Waals surface area contributed by atoms with E-state index in [1.807, 2.05) is 26.0 Å². The second-order valence-corrected chi connectivity index (χ2v) is 11.0. The van der Waals surface area contributed by atoms with E-state index in [1.165, 1.54) is 28.6 Å². The largest absolute Gasteiger partial charge is 0.325 e. The Hall–Kier alpha value is -2.12. The summed E-state index contributed by atoms with van der Waals surface area (Å²) in [4.78, 5) is 33.0. The maximum atomic E-state index is 13.1. The van der Waals surface area contributed by atoms with Crippen LogP contribution in [0.25, 0.3) is 10.2 Å². The van der Waals surface area contributed by atoms with Gasteiger partial charge < -0.3 is 5.32 Å². The zero-order chi connectivity index (χ0) is 22.3. The molecular weight excluding hydrogens is 426 g/mol. The maximum Gasteiger partial charge on any atom is 0.262 e. The molecule has 1 atom stereocenters. The van der Waals surface area contributed by atoms with Crippen LogP contribution in [0.3, 0.4) is 0 Å². The van der Waals surface area contributed by atoms with Gasteiger partial charge in [0.1, 0.15) is 4.83 Å². The number of aromatic nitrogens is 2. The molecule has 0 saturated heterocycles. The smallest absolute Gasteiger partial charge is 0.262 e. The first-order valence-electron chi connectivity index (χ1n) is 10.9. The average molecular weight is 456 g/mol. The van der Waals surface area contributed by atoms with Crippen LogP contribution >= 0.6 is 23.1 Å². The molecule has 1 aromatic carbocycles. The third-order valence-electron chi connectivity index (χ3n) is 5.98. The normalized spacial score (nSPS) is 14.6. The van der Waals surface area contributed by atoms with Crippen molar-refractivity contribution in [1.29, 1.82) is 0 Å². The van der Waals surface area contributed by atoms with Crippen molar-refractivity contribution in [2.45, 2.75) is 69.7 Å². The minimum atomic E-state index is -0.384. The van der Waals surface area contributed by atoms with Gasteiger partial charge in [0.25, 0.3) is 5.56 Å². The molecule has 0 radical (unpaired) electrons. The zero-order valence-corrected chi connectivity index (χ0v) is 20.4. The third-order valence-corrected chi connectivity index (χ3v) is 8.31. The van der Waals surface area contributed by atoms with Crippen LogP contribution in [0.15, 0.2) is 28.2 Å². The lowest BCUT2D eigenvalue weighted by Gasteiger charge is -2.19. The Morgan fingerprint density at radius 1 is 1.23 bits per heavy atom. The highest BCUT2D eigenvalue weighted by Gasteiger charge is 2.24. The summed E-state index contributed by atoms with van der Waals surface area (Å²) in [7, 11) is 1.76. The van der Waals surface area contributed by atoms with E-state index in [1.54, 1.807) is 23.0 Å². The Morgan fingerprint density at radius 2 is 1.97 bits per heavy atom. The Balaban J connectivity index is 1.60. The first-order chi connectivity index (χ1) is 14.8. The second-order valence-electron chi connectivity index (χ2n) is 8.59. The Morgan fingerprint density at radius 3 is 2.71 bits per heavy atom. The van der Waals surface area contributed by atoms with Gasteiger partial charge in [0.15, 0.2) is 5.16 Å². The predicted octanol–water partition coefficient (Wildman–Crippen LogP) is 5.42. The van der Waals surface area contributed by atoms with Crippen molar-refractivity contribution in [3.8, 4) is 0 Å². The van der Waals surface area contributed by atoms with E-state index in [0.29, 0.717) is 11.1 Å². The van der Waals surface area contributed by atoms with Crippen LogP contribution in [0.1, 0.15) is 61.1 Å². The number of nitrogens with zero attached hydrogens (tertiary/aromatic N) is 2. The van der Waals surface area contributed by atoms with Gasteiger partial charge in [-0.2, -0.15) is 0 Å². The van der Waals surface area contributed by atoms with Crippen LogP contribution in [-0.2, 0) is 24.7 Å². The maximum absolute atomic E-state index is 13.1. The van der Waals surface area contributed by atoms with Crippen LogP contribution in [0, 0.1) is 6.92 Å². The molecule has 2 heterocycles. The highest BCUT2D eigenvalue weighted by Crippen LogP contribution is 2.35. The van der Waals surface area contributed by atoms with E-state index in [4.69, 9.17) is 4.98 Å². The predicted molar refractivity (Wildman–Crippen MR) is 131 cm³/mol. The summed E-state index contributed by atoms with van der Waals surface area (Å²) in [6, 6.07) is 6.09. The van der Waals surface area contributed by atoms with Crippen molar-refractivity contribution in [1.82, 2.24) is 9.55 Å². The van der Waals surface area contributed by atoms with Crippen molar-refractivity contribution in [3.05, 3.63) is 50.1 Å². The molecule has 0 fully saturated rings. The standard InChI is InChI=1S/C24H29N3O2S2/c1-13(2)16-11-8-9-14(3)20(16)25-21(28)15(4)30-24-26-22-19(23(29)27(24)5)17-10-6-7-12-18(17)31-22/h8-9,11,13,15H,6-7,10,12H2,1-5H3,(H,25,28). The summed E-state index contributed by atoms with van der Waals surface area (Å²) in [6.07, 6.45) is 4.31. The summed E-state index contributed by atoms with van der Waals surface area (Å²) in [5.74, 6) is 0.230. The minimum absolute atomic E-state index is 0.000469. The number of hydrogen-bond acceptors (Lipinski definition) is 5. The number of aryl methyl sites for hydroxylation is 3. The van der Waals surface area contributed by atoms with E-state index in [0.717, 1.165) is 46.3 Å². The molecule has 3 aromatic rings. The number of hydrogen-bond donors (Lipinski definition) is 1. The molecule has 1 N–H and O–H groups in total. The van der Waals surface area contributed by atoms with Gasteiger partial charge in [-0.25, -0.2) is 4.98 Å². The molecule has 1 aliphatic rings. The summed E-state index contributed by atoms with van der Waals surface area (Å²) in [6.45, 7) is 8.12. The van der Waals surface area contributed by atoms with Crippen molar-refractivity contribution in [2.24, 2.45) is 7.05 Å². The fourth-order valence-corrected chi connectivity index (χ4v) is 6.33. The SMILES string of the molecule is Cc1cccc(C(C)C)c1NC(=O)C(C)Sc1nc2sc3c(c2c(=O)n1C)CCCC3.